The van der Waals surface area contributed by atoms with Gasteiger partial charge >= 0.3 is 0 Å². The second kappa shape index (κ2) is 9.43. The lowest BCUT2D eigenvalue weighted by Gasteiger charge is -2.22. The van der Waals surface area contributed by atoms with E-state index in [9.17, 15) is 4.79 Å². The molecule has 0 atom stereocenters. The zero-order valence-electron chi connectivity index (χ0n) is 17.4. The molecule has 5 rings (SSSR count). The van der Waals surface area contributed by atoms with E-state index in [1.54, 1.807) is 46.8 Å². The van der Waals surface area contributed by atoms with E-state index in [1.807, 2.05) is 42.6 Å². The van der Waals surface area contributed by atoms with Gasteiger partial charge in [0.15, 0.2) is 4.96 Å². The minimum absolute atomic E-state index is 0.0676. The smallest absolute Gasteiger partial charge is 0.254 e. The van der Waals surface area contributed by atoms with Gasteiger partial charge in [0.25, 0.3) is 5.91 Å². The molecule has 8 heteroatoms. The summed E-state index contributed by atoms with van der Waals surface area (Å²) in [6.07, 6.45) is 4.32. The Bertz CT molecular complexity index is 1370. The molecule has 0 aliphatic heterocycles. The van der Waals surface area contributed by atoms with Crippen LogP contribution in [0.5, 0.6) is 0 Å². The maximum Gasteiger partial charge on any atom is 0.254 e. The average molecular weight is 496 g/mol. The van der Waals surface area contributed by atoms with Crippen LogP contribution in [0.4, 0.5) is 0 Å². The molecule has 166 valence electrons. The molecule has 0 bridgehead atoms. The highest BCUT2D eigenvalue weighted by Gasteiger charge is 2.19. The topological polar surface area (TPSA) is 50.8 Å². The fourth-order valence-corrected chi connectivity index (χ4v) is 4.80. The van der Waals surface area contributed by atoms with Crippen molar-refractivity contribution in [1.29, 1.82) is 0 Å². The number of imidazole rings is 1. The molecule has 0 aliphatic rings. The summed E-state index contributed by atoms with van der Waals surface area (Å²) < 4.78 is 7.59. The number of rotatable bonds is 7. The lowest BCUT2D eigenvalue weighted by Crippen LogP contribution is -2.32. The minimum Gasteiger partial charge on any atom is -0.467 e. The van der Waals surface area contributed by atoms with E-state index < -0.39 is 0 Å². The number of hydrogen-bond donors (Lipinski definition) is 0. The van der Waals surface area contributed by atoms with Gasteiger partial charge in [-0.15, -0.1) is 11.3 Å². The lowest BCUT2D eigenvalue weighted by molar-refractivity contribution is 0.0733. The van der Waals surface area contributed by atoms with E-state index in [0.29, 0.717) is 35.1 Å². The molecule has 0 saturated carbocycles. The summed E-state index contributed by atoms with van der Waals surface area (Å²) in [6.45, 7) is 0.921. The van der Waals surface area contributed by atoms with Crippen molar-refractivity contribution < 1.29 is 9.21 Å². The summed E-state index contributed by atoms with van der Waals surface area (Å²) in [7, 11) is 0. The number of nitrogens with zero attached hydrogens (tertiary/aromatic N) is 3. The molecule has 0 N–H and O–H groups in total. The van der Waals surface area contributed by atoms with Crippen LogP contribution in [0.1, 0.15) is 21.8 Å². The van der Waals surface area contributed by atoms with E-state index >= 15 is 0 Å². The second-order valence-electron chi connectivity index (χ2n) is 7.58. The van der Waals surface area contributed by atoms with Gasteiger partial charge in [0, 0.05) is 51.4 Å². The molecule has 0 aliphatic carbocycles. The molecular weight excluding hydrogens is 477 g/mol. The van der Waals surface area contributed by atoms with Crippen LogP contribution >= 0.6 is 34.5 Å². The first-order valence-electron chi connectivity index (χ1n) is 10.4. The predicted octanol–water partition coefficient (Wildman–Crippen LogP) is 6.85. The quantitative estimate of drug-likeness (QED) is 0.248. The summed E-state index contributed by atoms with van der Waals surface area (Å²) in [5.74, 6) is 0.669. The minimum atomic E-state index is -0.0676. The van der Waals surface area contributed by atoms with Crippen molar-refractivity contribution in [1.82, 2.24) is 14.3 Å². The number of amides is 1. The van der Waals surface area contributed by atoms with E-state index in [0.717, 1.165) is 27.7 Å². The highest BCUT2D eigenvalue weighted by molar-refractivity contribution is 7.15. The number of thiazole rings is 1. The molecule has 5 nitrogen and oxygen atoms in total. The number of carbonyl (C=O) groups is 1. The van der Waals surface area contributed by atoms with E-state index in [-0.39, 0.29) is 5.91 Å². The van der Waals surface area contributed by atoms with Gasteiger partial charge in [-0.05, 0) is 48.5 Å². The van der Waals surface area contributed by atoms with Gasteiger partial charge in [0.1, 0.15) is 5.76 Å². The summed E-state index contributed by atoms with van der Waals surface area (Å²) in [4.78, 5) is 20.7. The standard InChI is InChI=1S/C25H19Cl2N3O2S/c26-19-7-3-17(4-8-19)23-15-30-21(16-33-25(30)28-23)11-12-29(14-22-2-1-13-32-22)24(31)18-5-9-20(27)10-6-18/h1-10,13,15-16H,11-12,14H2. The van der Waals surface area contributed by atoms with E-state index in [4.69, 9.17) is 32.6 Å². The van der Waals surface area contributed by atoms with Crippen LogP contribution in [0.3, 0.4) is 0 Å². The number of carbonyl (C=O) groups excluding carboxylic acids is 1. The van der Waals surface area contributed by atoms with Gasteiger partial charge in [-0.25, -0.2) is 4.98 Å². The number of aromatic nitrogens is 2. The van der Waals surface area contributed by atoms with Crippen LogP contribution in [-0.2, 0) is 13.0 Å². The second-order valence-corrected chi connectivity index (χ2v) is 9.29. The van der Waals surface area contributed by atoms with Crippen molar-refractivity contribution in [3.8, 4) is 11.3 Å². The van der Waals surface area contributed by atoms with Gasteiger partial charge in [0.2, 0.25) is 0 Å². The van der Waals surface area contributed by atoms with Crippen molar-refractivity contribution in [3.63, 3.8) is 0 Å². The van der Waals surface area contributed by atoms with Crippen molar-refractivity contribution >= 4 is 45.4 Å². The zero-order chi connectivity index (χ0) is 22.8. The number of benzene rings is 2. The van der Waals surface area contributed by atoms with Crippen LogP contribution in [0.25, 0.3) is 16.2 Å². The molecule has 3 heterocycles. The Hall–Kier alpha value is -3.06. The third kappa shape index (κ3) is 4.83. The van der Waals surface area contributed by atoms with Gasteiger partial charge in [-0.3, -0.25) is 9.20 Å². The Morgan fingerprint density at radius 3 is 2.45 bits per heavy atom. The molecule has 1 amide bonds. The molecule has 5 aromatic rings. The molecule has 0 unspecified atom stereocenters. The molecule has 0 radical (unpaired) electrons. The first-order valence-corrected chi connectivity index (χ1v) is 12.0. The van der Waals surface area contributed by atoms with Crippen LogP contribution < -0.4 is 0 Å². The zero-order valence-corrected chi connectivity index (χ0v) is 19.8. The summed E-state index contributed by atoms with van der Waals surface area (Å²) >= 11 is 13.6. The first kappa shape index (κ1) is 21.8. The normalized spacial score (nSPS) is 11.2. The molecule has 3 aromatic heterocycles. The number of fused-ring (bicyclic) bond motifs is 1. The maximum atomic E-state index is 13.2. The van der Waals surface area contributed by atoms with Gasteiger partial charge in [0.05, 0.1) is 18.5 Å². The van der Waals surface area contributed by atoms with Gasteiger partial charge in [-0.2, -0.15) is 0 Å². The van der Waals surface area contributed by atoms with Gasteiger partial charge in [-0.1, -0.05) is 35.3 Å². The van der Waals surface area contributed by atoms with Crippen molar-refractivity contribution in [2.45, 2.75) is 13.0 Å². The van der Waals surface area contributed by atoms with Crippen LogP contribution in [0.15, 0.2) is 82.9 Å². The highest BCUT2D eigenvalue weighted by atomic mass is 35.5. The largest absolute Gasteiger partial charge is 0.467 e. The Labute approximate surface area is 204 Å². The Morgan fingerprint density at radius 1 is 1.03 bits per heavy atom. The molecule has 2 aromatic carbocycles. The van der Waals surface area contributed by atoms with Crippen molar-refractivity contribution in [3.05, 3.63) is 106 Å². The third-order valence-electron chi connectivity index (χ3n) is 5.37. The Kier molecular flexibility index (Phi) is 6.22. The third-order valence-corrected chi connectivity index (χ3v) is 6.76. The molecule has 33 heavy (non-hydrogen) atoms. The molecule has 0 saturated heterocycles. The number of halogens is 2. The summed E-state index contributed by atoms with van der Waals surface area (Å²) in [5, 5.41) is 3.38. The molecule has 0 fully saturated rings. The molecular formula is C25H19Cl2N3O2S. The number of hydrogen-bond acceptors (Lipinski definition) is 4. The average Bonchev–Trinajstić information content (AvgIpc) is 3.56. The Balaban J connectivity index is 1.37. The fraction of sp³-hybridized carbons (Fsp3) is 0.120. The van der Waals surface area contributed by atoms with E-state index in [1.165, 1.54) is 0 Å². The predicted molar refractivity (Wildman–Crippen MR) is 132 cm³/mol. The monoisotopic (exact) mass is 495 g/mol. The summed E-state index contributed by atoms with van der Waals surface area (Å²) in [6, 6.07) is 18.3. The van der Waals surface area contributed by atoms with Crippen LogP contribution in [0.2, 0.25) is 10.0 Å². The van der Waals surface area contributed by atoms with Crippen molar-refractivity contribution in [2.24, 2.45) is 0 Å². The van der Waals surface area contributed by atoms with Crippen LogP contribution in [-0.4, -0.2) is 26.7 Å². The maximum absolute atomic E-state index is 13.2. The summed E-state index contributed by atoms with van der Waals surface area (Å²) in [5.41, 5.74) is 3.59. The van der Waals surface area contributed by atoms with Crippen molar-refractivity contribution in [2.75, 3.05) is 6.54 Å². The van der Waals surface area contributed by atoms with Crippen LogP contribution in [0, 0.1) is 0 Å². The first-order chi connectivity index (χ1) is 16.1. The SMILES string of the molecule is O=C(c1ccc(Cl)cc1)N(CCc1csc2nc(-c3ccc(Cl)cc3)cn12)Cc1ccco1. The highest BCUT2D eigenvalue weighted by Crippen LogP contribution is 2.25. The fourth-order valence-electron chi connectivity index (χ4n) is 3.64. The Morgan fingerprint density at radius 2 is 1.76 bits per heavy atom. The lowest BCUT2D eigenvalue weighted by atomic mass is 10.1. The van der Waals surface area contributed by atoms with Gasteiger partial charge < -0.3 is 9.32 Å². The number of furan rings is 1. The van der Waals surface area contributed by atoms with E-state index in [2.05, 4.69) is 9.78 Å². The molecule has 0 spiro atoms.